The first-order valence-corrected chi connectivity index (χ1v) is 11.0. The van der Waals surface area contributed by atoms with Gasteiger partial charge in [-0.1, -0.05) is 13.8 Å². The summed E-state index contributed by atoms with van der Waals surface area (Å²) in [4.78, 5) is 27.0. The Morgan fingerprint density at radius 2 is 1.42 bits per heavy atom. The Labute approximate surface area is 158 Å². The minimum atomic E-state index is 0.0523. The van der Waals surface area contributed by atoms with Crippen LogP contribution in [0.2, 0.25) is 0 Å². The molecule has 5 fully saturated rings. The lowest BCUT2D eigenvalue weighted by Crippen LogP contribution is -2.57. The first kappa shape index (κ1) is 18.3. The highest BCUT2D eigenvalue weighted by Crippen LogP contribution is 2.61. The van der Waals surface area contributed by atoms with Gasteiger partial charge in [-0.25, -0.2) is 0 Å². The molecule has 26 heavy (non-hydrogen) atoms. The second kappa shape index (κ2) is 6.83. The molecule has 0 unspecified atom stereocenters. The van der Waals surface area contributed by atoms with Crippen molar-refractivity contribution in [2.75, 3.05) is 13.1 Å². The zero-order valence-electron chi connectivity index (χ0n) is 16.8. The minimum absolute atomic E-state index is 0.0523. The van der Waals surface area contributed by atoms with Crippen molar-refractivity contribution in [1.82, 2.24) is 10.2 Å². The van der Waals surface area contributed by atoms with Gasteiger partial charge in [0.1, 0.15) is 0 Å². The summed E-state index contributed by atoms with van der Waals surface area (Å²) < 4.78 is 0. The SMILES string of the molecule is CC(C)C(=O)N1CCC(C(=O)N[C@@H](C)C23CC4CC(CC(C4)C2)C3)CC1. The number of amides is 2. The maximum Gasteiger partial charge on any atom is 0.225 e. The number of carbonyl (C=O) groups excluding carboxylic acids is 2. The Kier molecular flexibility index (Phi) is 4.81. The molecule has 4 saturated carbocycles. The van der Waals surface area contributed by atoms with Crippen LogP contribution in [0.1, 0.15) is 72.1 Å². The predicted molar refractivity (Wildman–Crippen MR) is 102 cm³/mol. The first-order chi connectivity index (χ1) is 12.4. The Hall–Kier alpha value is -1.06. The molecule has 0 radical (unpaired) electrons. The van der Waals surface area contributed by atoms with E-state index >= 15 is 0 Å². The third-order valence-corrected chi connectivity index (χ3v) is 8.03. The largest absolute Gasteiger partial charge is 0.353 e. The van der Waals surface area contributed by atoms with Crippen LogP contribution in [0.25, 0.3) is 0 Å². The molecule has 1 saturated heterocycles. The maximum absolute atomic E-state index is 12.9. The zero-order valence-corrected chi connectivity index (χ0v) is 16.8. The molecule has 1 atom stereocenters. The lowest BCUT2D eigenvalue weighted by Gasteiger charge is -2.59. The number of nitrogens with one attached hydrogen (secondary N) is 1. The van der Waals surface area contributed by atoms with E-state index in [1.807, 2.05) is 18.7 Å². The molecule has 4 nitrogen and oxygen atoms in total. The molecule has 0 aromatic heterocycles. The molecule has 1 heterocycles. The summed E-state index contributed by atoms with van der Waals surface area (Å²) in [5.74, 6) is 3.37. The second-order valence-electron chi connectivity index (χ2n) is 10.3. The summed E-state index contributed by atoms with van der Waals surface area (Å²) in [7, 11) is 0. The van der Waals surface area contributed by atoms with Gasteiger partial charge in [0.25, 0.3) is 0 Å². The minimum Gasteiger partial charge on any atom is -0.353 e. The molecule has 2 amide bonds. The van der Waals surface area contributed by atoms with Crippen molar-refractivity contribution in [2.45, 2.75) is 78.2 Å². The predicted octanol–water partition coefficient (Wildman–Crippen LogP) is 3.60. The number of rotatable bonds is 4. The lowest BCUT2D eigenvalue weighted by atomic mass is 9.48. The van der Waals surface area contributed by atoms with Gasteiger partial charge in [0.05, 0.1) is 0 Å². The molecule has 4 aliphatic carbocycles. The normalized spacial score (nSPS) is 37.8. The van der Waals surface area contributed by atoms with Crippen LogP contribution in [0, 0.1) is 35.0 Å². The van der Waals surface area contributed by atoms with E-state index < -0.39 is 0 Å². The number of likely N-dealkylation sites (tertiary alicyclic amines) is 1. The lowest BCUT2D eigenvalue weighted by molar-refractivity contribution is -0.139. The number of nitrogens with zero attached hydrogens (tertiary/aromatic N) is 1. The van der Waals surface area contributed by atoms with E-state index in [1.165, 1.54) is 38.5 Å². The fourth-order valence-corrected chi connectivity index (χ4v) is 6.92. The van der Waals surface area contributed by atoms with Gasteiger partial charge in [0.2, 0.25) is 11.8 Å². The van der Waals surface area contributed by atoms with Gasteiger partial charge in [-0.3, -0.25) is 9.59 Å². The molecule has 1 aliphatic heterocycles. The average molecular weight is 361 g/mol. The number of hydrogen-bond acceptors (Lipinski definition) is 2. The fraction of sp³-hybridized carbons (Fsp3) is 0.909. The molecule has 5 aliphatic rings. The van der Waals surface area contributed by atoms with Crippen LogP contribution in [-0.4, -0.2) is 35.8 Å². The van der Waals surface area contributed by atoms with E-state index in [4.69, 9.17) is 0 Å². The molecule has 0 spiro atoms. The smallest absolute Gasteiger partial charge is 0.225 e. The van der Waals surface area contributed by atoms with Crippen molar-refractivity contribution in [3.63, 3.8) is 0 Å². The van der Waals surface area contributed by atoms with Gasteiger partial charge >= 0.3 is 0 Å². The van der Waals surface area contributed by atoms with Crippen LogP contribution in [0.15, 0.2) is 0 Å². The molecule has 0 aromatic rings. The summed E-state index contributed by atoms with van der Waals surface area (Å²) >= 11 is 0. The van der Waals surface area contributed by atoms with Crippen LogP contribution in [-0.2, 0) is 9.59 Å². The topological polar surface area (TPSA) is 49.4 Å². The van der Waals surface area contributed by atoms with Gasteiger partial charge in [0, 0.05) is 31.0 Å². The molecule has 1 N–H and O–H groups in total. The molecule has 146 valence electrons. The average Bonchev–Trinajstić information content (AvgIpc) is 2.60. The Morgan fingerprint density at radius 1 is 0.923 bits per heavy atom. The molecular formula is C22H36N2O2. The molecule has 4 bridgehead atoms. The monoisotopic (exact) mass is 360 g/mol. The third-order valence-electron chi connectivity index (χ3n) is 8.03. The highest BCUT2D eigenvalue weighted by atomic mass is 16.2. The maximum atomic E-state index is 12.9. The zero-order chi connectivity index (χ0) is 18.5. The Morgan fingerprint density at radius 3 is 1.88 bits per heavy atom. The summed E-state index contributed by atoms with van der Waals surface area (Å²) in [5.41, 5.74) is 0.374. The third kappa shape index (κ3) is 3.29. The first-order valence-electron chi connectivity index (χ1n) is 11.0. The van der Waals surface area contributed by atoms with E-state index in [2.05, 4.69) is 12.2 Å². The van der Waals surface area contributed by atoms with E-state index in [0.717, 1.165) is 43.7 Å². The van der Waals surface area contributed by atoms with Crippen LogP contribution in [0.4, 0.5) is 0 Å². The van der Waals surface area contributed by atoms with Crippen molar-refractivity contribution in [3.8, 4) is 0 Å². The Balaban J connectivity index is 1.32. The molecule has 0 aromatic carbocycles. The van der Waals surface area contributed by atoms with Crippen LogP contribution < -0.4 is 5.32 Å². The van der Waals surface area contributed by atoms with Crippen molar-refractivity contribution < 1.29 is 9.59 Å². The summed E-state index contributed by atoms with van der Waals surface area (Å²) in [5, 5.41) is 3.43. The van der Waals surface area contributed by atoms with Crippen molar-refractivity contribution in [2.24, 2.45) is 35.0 Å². The number of hydrogen-bond donors (Lipinski definition) is 1. The summed E-state index contributed by atoms with van der Waals surface area (Å²) in [6.45, 7) is 7.65. The van der Waals surface area contributed by atoms with Crippen LogP contribution in [0.3, 0.4) is 0 Å². The van der Waals surface area contributed by atoms with E-state index in [0.29, 0.717) is 11.5 Å². The van der Waals surface area contributed by atoms with Crippen molar-refractivity contribution >= 4 is 11.8 Å². The standard InChI is InChI=1S/C22H36N2O2/c1-14(2)21(26)24-6-4-19(5-7-24)20(25)23-15(3)22-11-16-8-17(12-22)10-18(9-16)13-22/h14-19H,4-13H2,1-3H3,(H,23,25)/t15-,16?,17?,18?,22?/m0/s1. The van der Waals surface area contributed by atoms with Gasteiger partial charge in [-0.2, -0.15) is 0 Å². The van der Waals surface area contributed by atoms with Crippen molar-refractivity contribution in [3.05, 3.63) is 0 Å². The summed E-state index contributed by atoms with van der Waals surface area (Å²) in [6.07, 6.45) is 9.98. The number of carbonyl (C=O) groups is 2. The van der Waals surface area contributed by atoms with Crippen molar-refractivity contribution in [1.29, 1.82) is 0 Å². The van der Waals surface area contributed by atoms with E-state index in [9.17, 15) is 9.59 Å². The van der Waals surface area contributed by atoms with E-state index in [-0.39, 0.29) is 23.7 Å². The van der Waals surface area contributed by atoms with Gasteiger partial charge in [0.15, 0.2) is 0 Å². The van der Waals surface area contributed by atoms with Crippen LogP contribution >= 0.6 is 0 Å². The molecule has 5 rings (SSSR count). The van der Waals surface area contributed by atoms with Gasteiger partial charge in [-0.05, 0) is 81.5 Å². The highest BCUT2D eigenvalue weighted by Gasteiger charge is 2.53. The Bertz CT molecular complexity index is 527. The fourth-order valence-electron chi connectivity index (χ4n) is 6.92. The number of piperidine rings is 1. The second-order valence-corrected chi connectivity index (χ2v) is 10.3. The highest BCUT2D eigenvalue weighted by molar-refractivity contribution is 5.81. The van der Waals surface area contributed by atoms with Gasteiger partial charge in [-0.15, -0.1) is 0 Å². The molecular weight excluding hydrogens is 324 g/mol. The molecule has 4 heteroatoms. The van der Waals surface area contributed by atoms with Gasteiger partial charge < -0.3 is 10.2 Å². The van der Waals surface area contributed by atoms with Crippen LogP contribution in [0.5, 0.6) is 0 Å². The van der Waals surface area contributed by atoms with E-state index in [1.54, 1.807) is 0 Å². The quantitative estimate of drug-likeness (QED) is 0.833. The summed E-state index contributed by atoms with van der Waals surface area (Å²) in [6, 6.07) is 0.304.